The van der Waals surface area contributed by atoms with E-state index in [9.17, 15) is 18.8 Å². The standard InChI is InChI=1S/C22H27FN4O4/c1-14(2)19(25-22(30)24-13-16-9-5-4-6-10-16)21(29)27-26-20(28)15(3)31-18-12-8-7-11-17(18)23/h4-12,14-15,19H,13H2,1-3H3,(H,26,28)(H,27,29)(H2,24,25,30). The lowest BCUT2D eigenvalue weighted by molar-refractivity contribution is -0.133. The van der Waals surface area contributed by atoms with Crippen LogP contribution < -0.4 is 26.2 Å². The van der Waals surface area contributed by atoms with Gasteiger partial charge in [-0.15, -0.1) is 0 Å². The van der Waals surface area contributed by atoms with Crippen LogP contribution in [0, 0.1) is 11.7 Å². The van der Waals surface area contributed by atoms with Gasteiger partial charge in [-0.05, 0) is 30.5 Å². The number of carbonyl (C=O) groups is 3. The molecule has 8 nitrogen and oxygen atoms in total. The van der Waals surface area contributed by atoms with Gasteiger partial charge in [-0.1, -0.05) is 56.3 Å². The van der Waals surface area contributed by atoms with E-state index in [0.29, 0.717) is 6.54 Å². The molecule has 4 N–H and O–H groups in total. The third-order valence-electron chi connectivity index (χ3n) is 4.35. The first-order valence-electron chi connectivity index (χ1n) is 9.87. The molecular formula is C22H27FN4O4. The highest BCUT2D eigenvalue weighted by Gasteiger charge is 2.25. The van der Waals surface area contributed by atoms with E-state index in [2.05, 4.69) is 21.5 Å². The van der Waals surface area contributed by atoms with Crippen molar-refractivity contribution in [1.29, 1.82) is 0 Å². The smallest absolute Gasteiger partial charge is 0.315 e. The summed E-state index contributed by atoms with van der Waals surface area (Å²) in [6.45, 7) is 5.24. The third-order valence-corrected chi connectivity index (χ3v) is 4.35. The quantitative estimate of drug-likeness (QED) is 0.482. The summed E-state index contributed by atoms with van der Waals surface area (Å²) in [4.78, 5) is 36.8. The number of urea groups is 1. The molecule has 0 aliphatic rings. The second-order valence-corrected chi connectivity index (χ2v) is 7.20. The molecule has 0 saturated carbocycles. The van der Waals surface area contributed by atoms with Crippen molar-refractivity contribution >= 4 is 17.8 Å². The minimum atomic E-state index is -1.06. The van der Waals surface area contributed by atoms with E-state index in [1.807, 2.05) is 30.3 Å². The average Bonchev–Trinajstić information content (AvgIpc) is 2.76. The minimum Gasteiger partial charge on any atom is -0.478 e. The van der Waals surface area contributed by atoms with Gasteiger partial charge in [-0.2, -0.15) is 0 Å². The number of halogens is 1. The van der Waals surface area contributed by atoms with E-state index >= 15 is 0 Å². The molecule has 2 aromatic rings. The first kappa shape index (κ1) is 23.7. The van der Waals surface area contributed by atoms with Crippen LogP contribution in [0.5, 0.6) is 5.75 Å². The summed E-state index contributed by atoms with van der Waals surface area (Å²) in [7, 11) is 0. The molecule has 0 aliphatic carbocycles. The maximum absolute atomic E-state index is 13.6. The van der Waals surface area contributed by atoms with Crippen LogP contribution in [0.1, 0.15) is 26.3 Å². The molecule has 2 rings (SSSR count). The molecule has 0 bridgehead atoms. The fourth-order valence-corrected chi connectivity index (χ4v) is 2.59. The third kappa shape index (κ3) is 7.61. The van der Waals surface area contributed by atoms with Gasteiger partial charge >= 0.3 is 6.03 Å². The molecule has 2 atom stereocenters. The molecule has 0 radical (unpaired) electrons. The van der Waals surface area contributed by atoms with Gasteiger partial charge in [0.1, 0.15) is 6.04 Å². The number of hydrogen-bond acceptors (Lipinski definition) is 4. The highest BCUT2D eigenvalue weighted by molar-refractivity contribution is 5.89. The van der Waals surface area contributed by atoms with Gasteiger partial charge < -0.3 is 15.4 Å². The van der Waals surface area contributed by atoms with Crippen LogP contribution in [0.2, 0.25) is 0 Å². The van der Waals surface area contributed by atoms with Crippen LogP contribution in [0.15, 0.2) is 54.6 Å². The van der Waals surface area contributed by atoms with Crippen molar-refractivity contribution in [2.24, 2.45) is 5.92 Å². The number of benzene rings is 2. The van der Waals surface area contributed by atoms with Gasteiger partial charge in [0.2, 0.25) is 0 Å². The topological polar surface area (TPSA) is 109 Å². The van der Waals surface area contributed by atoms with Gasteiger partial charge in [-0.3, -0.25) is 20.4 Å². The zero-order valence-electron chi connectivity index (χ0n) is 17.6. The van der Waals surface area contributed by atoms with Crippen molar-refractivity contribution < 1.29 is 23.5 Å². The number of ether oxygens (including phenoxy) is 1. The molecule has 0 aromatic heterocycles. The Kier molecular flexibility index (Phi) is 8.80. The van der Waals surface area contributed by atoms with Crippen molar-refractivity contribution in [1.82, 2.24) is 21.5 Å². The first-order chi connectivity index (χ1) is 14.8. The van der Waals surface area contributed by atoms with E-state index in [1.54, 1.807) is 19.9 Å². The van der Waals surface area contributed by atoms with Crippen LogP contribution in [0.25, 0.3) is 0 Å². The van der Waals surface area contributed by atoms with E-state index < -0.39 is 35.8 Å². The summed E-state index contributed by atoms with van der Waals surface area (Å²) in [5, 5.41) is 5.27. The average molecular weight is 430 g/mol. The Bertz CT molecular complexity index is 892. The summed E-state index contributed by atoms with van der Waals surface area (Å²) >= 11 is 0. The summed E-state index contributed by atoms with van der Waals surface area (Å²) in [6, 6.07) is 13.6. The largest absolute Gasteiger partial charge is 0.478 e. The Balaban J connectivity index is 1.83. The predicted octanol–water partition coefficient (Wildman–Crippen LogP) is 2.26. The van der Waals surface area contributed by atoms with Crippen molar-refractivity contribution in [2.75, 3.05) is 0 Å². The Morgan fingerprint density at radius 3 is 2.16 bits per heavy atom. The van der Waals surface area contributed by atoms with Crippen LogP contribution >= 0.6 is 0 Å². The highest BCUT2D eigenvalue weighted by Crippen LogP contribution is 2.16. The van der Waals surface area contributed by atoms with Crippen molar-refractivity contribution in [3.63, 3.8) is 0 Å². The summed E-state index contributed by atoms with van der Waals surface area (Å²) in [5.41, 5.74) is 5.42. The molecule has 0 fully saturated rings. The van der Waals surface area contributed by atoms with Crippen LogP contribution in [0.4, 0.5) is 9.18 Å². The second kappa shape index (κ2) is 11.5. The fourth-order valence-electron chi connectivity index (χ4n) is 2.59. The highest BCUT2D eigenvalue weighted by atomic mass is 19.1. The Hall–Kier alpha value is -3.62. The molecule has 166 valence electrons. The Morgan fingerprint density at radius 2 is 1.52 bits per heavy atom. The number of amides is 4. The van der Waals surface area contributed by atoms with Crippen molar-refractivity contribution in [3.8, 4) is 5.75 Å². The zero-order chi connectivity index (χ0) is 22.8. The molecule has 2 aromatic carbocycles. The summed E-state index contributed by atoms with van der Waals surface area (Å²) in [6.07, 6.45) is -1.06. The number of hydrazine groups is 1. The van der Waals surface area contributed by atoms with Crippen molar-refractivity contribution in [3.05, 3.63) is 66.0 Å². The SMILES string of the molecule is CC(Oc1ccccc1F)C(=O)NNC(=O)C(NC(=O)NCc1ccccc1)C(C)C. The molecule has 0 heterocycles. The predicted molar refractivity (Wildman–Crippen MR) is 113 cm³/mol. The lowest BCUT2D eigenvalue weighted by Gasteiger charge is -2.22. The second-order valence-electron chi connectivity index (χ2n) is 7.20. The molecule has 0 spiro atoms. The minimum absolute atomic E-state index is 0.0757. The lowest BCUT2D eigenvalue weighted by Crippen LogP contribution is -2.57. The normalized spacial score (nSPS) is 12.4. The van der Waals surface area contributed by atoms with Gasteiger partial charge in [0, 0.05) is 6.54 Å². The van der Waals surface area contributed by atoms with Gasteiger partial charge in [0.25, 0.3) is 11.8 Å². The number of nitrogens with one attached hydrogen (secondary N) is 4. The van der Waals surface area contributed by atoms with Gasteiger partial charge in [0.15, 0.2) is 17.7 Å². The summed E-state index contributed by atoms with van der Waals surface area (Å²) in [5.74, 6) is -2.19. The van der Waals surface area contributed by atoms with Crippen LogP contribution in [0.3, 0.4) is 0 Å². The van der Waals surface area contributed by atoms with E-state index in [4.69, 9.17) is 4.74 Å². The number of rotatable bonds is 8. The van der Waals surface area contributed by atoms with Gasteiger partial charge in [0.05, 0.1) is 0 Å². The van der Waals surface area contributed by atoms with E-state index in [0.717, 1.165) is 5.56 Å². The molecule has 2 unspecified atom stereocenters. The lowest BCUT2D eigenvalue weighted by atomic mass is 10.0. The molecule has 31 heavy (non-hydrogen) atoms. The first-order valence-corrected chi connectivity index (χ1v) is 9.87. The molecule has 9 heteroatoms. The maximum atomic E-state index is 13.6. The Morgan fingerprint density at radius 1 is 0.903 bits per heavy atom. The van der Waals surface area contributed by atoms with E-state index in [1.165, 1.54) is 25.1 Å². The number of hydrogen-bond donors (Lipinski definition) is 4. The van der Waals surface area contributed by atoms with E-state index in [-0.39, 0.29) is 11.7 Å². The van der Waals surface area contributed by atoms with Crippen LogP contribution in [-0.4, -0.2) is 30.0 Å². The number of para-hydroxylation sites is 1. The zero-order valence-corrected chi connectivity index (χ0v) is 17.6. The number of carbonyl (C=O) groups excluding carboxylic acids is 3. The monoisotopic (exact) mass is 430 g/mol. The van der Waals surface area contributed by atoms with Crippen molar-refractivity contribution in [2.45, 2.75) is 39.5 Å². The summed E-state index contributed by atoms with van der Waals surface area (Å²) < 4.78 is 18.9. The molecular weight excluding hydrogens is 403 g/mol. The molecule has 4 amide bonds. The molecule has 0 saturated heterocycles. The molecule has 0 aliphatic heterocycles. The van der Waals surface area contributed by atoms with Crippen LogP contribution in [-0.2, 0) is 16.1 Å². The fraction of sp³-hybridized carbons (Fsp3) is 0.318. The Labute approximate surface area is 180 Å². The van der Waals surface area contributed by atoms with Gasteiger partial charge in [-0.25, -0.2) is 9.18 Å². The maximum Gasteiger partial charge on any atom is 0.315 e.